The summed E-state index contributed by atoms with van der Waals surface area (Å²) in [4.78, 5) is 0. The summed E-state index contributed by atoms with van der Waals surface area (Å²) < 4.78 is 0. The molecule has 15 heavy (non-hydrogen) atoms. The Balaban J connectivity index is 4.69. The van der Waals surface area contributed by atoms with Crippen LogP contribution >= 0.6 is 17.2 Å². The number of hydrogen-bond acceptors (Lipinski definition) is 0. The molecule has 0 bridgehead atoms. The maximum atomic E-state index is 7.21. The zero-order chi connectivity index (χ0) is 11.8. The number of hydrogen-bond donors (Lipinski definition) is 0. The zero-order valence-electron chi connectivity index (χ0n) is 11.2. The van der Waals surface area contributed by atoms with E-state index < -0.39 is 5.96 Å². The molecule has 0 aliphatic rings. The van der Waals surface area contributed by atoms with Crippen molar-refractivity contribution in [1.29, 1.82) is 0 Å². The van der Waals surface area contributed by atoms with Crippen molar-refractivity contribution in [3.63, 3.8) is 0 Å². The first-order chi connectivity index (χ1) is 7.04. The molecule has 0 aromatic heterocycles. The van der Waals surface area contributed by atoms with Gasteiger partial charge in [-0.1, -0.05) is 0 Å². The van der Waals surface area contributed by atoms with Crippen LogP contribution in [0.5, 0.6) is 0 Å². The van der Waals surface area contributed by atoms with Crippen LogP contribution in [0.15, 0.2) is 0 Å². The van der Waals surface area contributed by atoms with Crippen molar-refractivity contribution in [1.82, 2.24) is 0 Å². The Bertz CT molecular complexity index is 148. The van der Waals surface area contributed by atoms with Crippen molar-refractivity contribution in [2.24, 2.45) is 0 Å². The van der Waals surface area contributed by atoms with Gasteiger partial charge in [-0.3, -0.25) is 0 Å². The molecule has 0 aliphatic carbocycles. The van der Waals surface area contributed by atoms with E-state index in [2.05, 4.69) is 27.7 Å². The summed E-state index contributed by atoms with van der Waals surface area (Å²) in [7, 11) is 0. The van der Waals surface area contributed by atoms with Gasteiger partial charge in [0, 0.05) is 0 Å². The van der Waals surface area contributed by atoms with Crippen molar-refractivity contribution in [3.8, 4) is 0 Å². The van der Waals surface area contributed by atoms with Crippen molar-refractivity contribution in [2.75, 3.05) is 24.6 Å². The molecule has 0 aliphatic heterocycles. The van der Waals surface area contributed by atoms with Gasteiger partial charge < -0.3 is 0 Å². The zero-order valence-corrected chi connectivity index (χ0v) is 12.8. The molecular formula is C13H30ClP. The van der Waals surface area contributed by atoms with Gasteiger partial charge in [0.25, 0.3) is 0 Å². The molecular weight excluding hydrogens is 223 g/mol. The summed E-state index contributed by atoms with van der Waals surface area (Å²) in [6, 6.07) is 0. The van der Waals surface area contributed by atoms with Gasteiger partial charge in [0.1, 0.15) is 0 Å². The Morgan fingerprint density at radius 3 is 1.33 bits per heavy atom. The molecule has 0 atom stereocenters. The average Bonchev–Trinajstić information content (AvgIpc) is 2.16. The van der Waals surface area contributed by atoms with Gasteiger partial charge in [-0.15, -0.1) is 0 Å². The standard InChI is InChI=1S/C13H30ClP/c1-5-9-13-15(14,10-6-2,11-7-3)12-8-4/h5-13H2,1-4H3. The van der Waals surface area contributed by atoms with Gasteiger partial charge in [-0.2, -0.15) is 0 Å². The molecule has 2 heteroatoms. The summed E-state index contributed by atoms with van der Waals surface area (Å²) >= 11 is 7.21. The second-order valence-corrected chi connectivity index (χ2v) is 13.4. The third-order valence-electron chi connectivity index (χ3n) is 3.42. The number of halogens is 1. The topological polar surface area (TPSA) is 0 Å². The third-order valence-corrected chi connectivity index (χ3v) is 11.6. The van der Waals surface area contributed by atoms with E-state index >= 15 is 0 Å². The fourth-order valence-electron chi connectivity index (χ4n) is 2.90. The predicted molar refractivity (Wildman–Crippen MR) is 78.0 cm³/mol. The maximum absolute atomic E-state index is 7.21. The molecule has 0 heterocycles. The van der Waals surface area contributed by atoms with E-state index in [0.717, 1.165) is 0 Å². The monoisotopic (exact) mass is 252 g/mol. The van der Waals surface area contributed by atoms with Crippen LogP contribution in [0, 0.1) is 0 Å². The fraction of sp³-hybridized carbons (Fsp3) is 1.00. The first kappa shape index (κ1) is 15.7. The Morgan fingerprint density at radius 1 is 0.667 bits per heavy atom. The molecule has 0 saturated heterocycles. The van der Waals surface area contributed by atoms with E-state index in [0.29, 0.717) is 0 Å². The van der Waals surface area contributed by atoms with Gasteiger partial charge in [-0.25, -0.2) is 0 Å². The van der Waals surface area contributed by atoms with E-state index in [9.17, 15) is 0 Å². The molecule has 0 spiro atoms. The van der Waals surface area contributed by atoms with E-state index in [-0.39, 0.29) is 0 Å². The van der Waals surface area contributed by atoms with Crippen LogP contribution in [-0.4, -0.2) is 24.6 Å². The van der Waals surface area contributed by atoms with Crippen LogP contribution in [0.4, 0.5) is 0 Å². The molecule has 0 nitrogen and oxygen atoms in total. The minimum absolute atomic E-state index is 1.27. The van der Waals surface area contributed by atoms with Crippen LogP contribution in [0.2, 0.25) is 0 Å². The second kappa shape index (κ2) is 7.13. The van der Waals surface area contributed by atoms with E-state index in [1.54, 1.807) is 0 Å². The molecule has 0 unspecified atom stereocenters. The van der Waals surface area contributed by atoms with E-state index in [1.165, 1.54) is 56.8 Å². The van der Waals surface area contributed by atoms with Crippen molar-refractivity contribution in [2.45, 2.75) is 59.8 Å². The number of rotatable bonds is 9. The van der Waals surface area contributed by atoms with Crippen LogP contribution in [-0.2, 0) is 0 Å². The van der Waals surface area contributed by atoms with Gasteiger partial charge in [0.05, 0.1) is 0 Å². The van der Waals surface area contributed by atoms with Crippen LogP contribution in [0.1, 0.15) is 59.8 Å². The summed E-state index contributed by atoms with van der Waals surface area (Å²) in [5, 5.41) is 0. The Hall–Kier alpha value is 0.720. The van der Waals surface area contributed by atoms with Gasteiger partial charge in [0.2, 0.25) is 0 Å². The van der Waals surface area contributed by atoms with E-state index in [1.807, 2.05) is 0 Å². The first-order valence-corrected chi connectivity index (χ1v) is 10.6. The van der Waals surface area contributed by atoms with Crippen molar-refractivity contribution in [3.05, 3.63) is 0 Å². The molecule has 0 saturated carbocycles. The normalized spacial score (nSPS) is 14.9. The summed E-state index contributed by atoms with van der Waals surface area (Å²) in [6.07, 6.45) is 11.7. The van der Waals surface area contributed by atoms with Gasteiger partial charge in [0.15, 0.2) is 0 Å². The Labute approximate surface area is 102 Å². The second-order valence-electron chi connectivity index (χ2n) is 5.07. The summed E-state index contributed by atoms with van der Waals surface area (Å²) in [6.45, 7) is 9.16. The van der Waals surface area contributed by atoms with Crippen LogP contribution in [0.25, 0.3) is 0 Å². The summed E-state index contributed by atoms with van der Waals surface area (Å²) in [5.74, 6) is -1.82. The molecule has 94 valence electrons. The molecule has 0 fully saturated rings. The predicted octanol–water partition coefficient (Wildman–Crippen LogP) is 5.72. The van der Waals surface area contributed by atoms with Gasteiger partial charge >= 0.3 is 102 Å². The number of unbranched alkanes of at least 4 members (excludes halogenated alkanes) is 1. The molecule has 0 radical (unpaired) electrons. The quantitative estimate of drug-likeness (QED) is 0.460. The molecule has 0 amide bonds. The first-order valence-electron chi connectivity index (χ1n) is 6.76. The average molecular weight is 253 g/mol. The summed E-state index contributed by atoms with van der Waals surface area (Å²) in [5.41, 5.74) is 0. The van der Waals surface area contributed by atoms with E-state index in [4.69, 9.17) is 11.2 Å². The molecule has 0 aromatic rings. The Morgan fingerprint density at radius 2 is 1.07 bits per heavy atom. The molecule has 0 aromatic carbocycles. The third kappa shape index (κ3) is 5.05. The molecule has 0 rings (SSSR count). The van der Waals surface area contributed by atoms with Crippen molar-refractivity contribution < 1.29 is 0 Å². The van der Waals surface area contributed by atoms with Gasteiger partial charge in [-0.05, 0) is 0 Å². The van der Waals surface area contributed by atoms with Crippen LogP contribution < -0.4 is 0 Å². The fourth-order valence-corrected chi connectivity index (χ4v) is 10.6. The van der Waals surface area contributed by atoms with Crippen LogP contribution in [0.3, 0.4) is 0 Å². The van der Waals surface area contributed by atoms with Crippen molar-refractivity contribution >= 4 is 17.2 Å². The minimum atomic E-state index is -1.82. The SMILES string of the molecule is CCCCP(Cl)(CCC)(CCC)CCC. The molecule has 0 N–H and O–H groups in total. The Kier molecular flexibility index (Phi) is 7.47.